The summed E-state index contributed by atoms with van der Waals surface area (Å²) in [4.78, 5) is 0. The average molecular weight is 157 g/mol. The van der Waals surface area contributed by atoms with Gasteiger partial charge in [0.2, 0.25) is 0 Å². The van der Waals surface area contributed by atoms with Crippen LogP contribution in [0, 0.1) is 17.8 Å². The van der Waals surface area contributed by atoms with E-state index in [1.165, 1.54) is 0 Å². The van der Waals surface area contributed by atoms with E-state index in [-0.39, 0.29) is 0 Å². The second-order valence-corrected chi connectivity index (χ2v) is 4.12. The molecule has 0 radical (unpaired) electrons. The predicted molar refractivity (Wildman–Crippen MR) is 42.9 cm³/mol. The third-order valence-corrected chi connectivity index (χ3v) is 3.41. The van der Waals surface area contributed by atoms with E-state index in [0.717, 1.165) is 32.2 Å². The molecule has 2 aliphatic rings. The summed E-state index contributed by atoms with van der Waals surface area (Å²) in [6, 6.07) is 0. The van der Waals surface area contributed by atoms with E-state index in [1.807, 2.05) is 0 Å². The molecule has 0 aliphatic heterocycles. The first-order chi connectivity index (χ1) is 5.31. The highest BCUT2D eigenvalue weighted by Gasteiger charge is 2.42. The maximum absolute atomic E-state index is 13.3. The Kier molecular flexibility index (Phi) is 1.88. The molecule has 4 atom stereocenters. The van der Waals surface area contributed by atoms with E-state index in [9.17, 15) is 4.39 Å². The number of rotatable bonds is 1. The molecule has 0 saturated heterocycles. The first-order valence-corrected chi connectivity index (χ1v) is 4.65. The van der Waals surface area contributed by atoms with Gasteiger partial charge in [-0.3, -0.25) is 0 Å². The Morgan fingerprint density at radius 3 is 2.18 bits per heavy atom. The molecule has 0 heterocycles. The van der Waals surface area contributed by atoms with Crippen LogP contribution in [0.2, 0.25) is 0 Å². The summed E-state index contributed by atoms with van der Waals surface area (Å²) in [6.07, 6.45) is 3.84. The highest BCUT2D eigenvalue weighted by atomic mass is 19.1. The molecule has 2 saturated carbocycles. The number of fused-ring (bicyclic) bond motifs is 2. The number of alkyl halides is 1. The predicted octanol–water partition coefficient (Wildman–Crippen LogP) is 1.72. The molecule has 0 aromatic rings. The summed E-state index contributed by atoms with van der Waals surface area (Å²) in [5, 5.41) is 0. The number of hydrogen-bond acceptors (Lipinski definition) is 1. The van der Waals surface area contributed by atoms with Crippen LogP contribution in [0.4, 0.5) is 4.39 Å². The van der Waals surface area contributed by atoms with Crippen LogP contribution in [0.3, 0.4) is 0 Å². The molecule has 2 N–H and O–H groups in total. The highest BCUT2D eigenvalue weighted by Crippen LogP contribution is 2.46. The van der Waals surface area contributed by atoms with Crippen molar-refractivity contribution in [3.63, 3.8) is 0 Å². The SMILES string of the molecule is NCC1C[C@H]2CC[C@@H](C1)C2F. The van der Waals surface area contributed by atoms with Crippen LogP contribution >= 0.6 is 0 Å². The molecule has 2 unspecified atom stereocenters. The zero-order chi connectivity index (χ0) is 7.84. The molecule has 2 rings (SSSR count). The summed E-state index contributed by atoms with van der Waals surface area (Å²) in [5.41, 5.74) is 5.58. The van der Waals surface area contributed by atoms with Crippen LogP contribution in [-0.2, 0) is 0 Å². The van der Waals surface area contributed by atoms with Crippen LogP contribution in [0.15, 0.2) is 0 Å². The molecule has 0 aromatic heterocycles. The molecular formula is C9H16FN. The van der Waals surface area contributed by atoms with Crippen LogP contribution in [-0.4, -0.2) is 12.7 Å². The molecule has 11 heavy (non-hydrogen) atoms. The van der Waals surface area contributed by atoms with E-state index >= 15 is 0 Å². The van der Waals surface area contributed by atoms with Gasteiger partial charge in [0.15, 0.2) is 0 Å². The lowest BCUT2D eigenvalue weighted by Gasteiger charge is -2.29. The average Bonchev–Trinajstić information content (AvgIpc) is 2.26. The minimum Gasteiger partial charge on any atom is -0.330 e. The zero-order valence-electron chi connectivity index (χ0n) is 6.80. The second-order valence-electron chi connectivity index (χ2n) is 4.12. The molecule has 2 aliphatic carbocycles. The standard InChI is InChI=1S/C9H16FN/c10-9-7-1-2-8(9)4-6(3-7)5-11/h6-9H,1-5,11H2/t6?,7-,8+,9?. The van der Waals surface area contributed by atoms with Crippen molar-refractivity contribution >= 4 is 0 Å². The summed E-state index contributed by atoms with van der Waals surface area (Å²) >= 11 is 0. The minimum absolute atomic E-state index is 0.363. The summed E-state index contributed by atoms with van der Waals surface area (Å²) in [5.74, 6) is 1.35. The van der Waals surface area contributed by atoms with Gasteiger partial charge < -0.3 is 5.73 Å². The van der Waals surface area contributed by atoms with Crippen LogP contribution in [0.5, 0.6) is 0 Å². The summed E-state index contributed by atoms with van der Waals surface area (Å²) in [6.45, 7) is 0.764. The van der Waals surface area contributed by atoms with Crippen molar-refractivity contribution < 1.29 is 4.39 Å². The van der Waals surface area contributed by atoms with E-state index in [1.54, 1.807) is 0 Å². The smallest absolute Gasteiger partial charge is 0.106 e. The van der Waals surface area contributed by atoms with E-state index in [0.29, 0.717) is 17.8 Å². The number of hydrogen-bond donors (Lipinski definition) is 1. The number of halogens is 1. The third kappa shape index (κ3) is 1.18. The van der Waals surface area contributed by atoms with Crippen molar-refractivity contribution in [2.75, 3.05) is 6.54 Å². The van der Waals surface area contributed by atoms with Crippen molar-refractivity contribution in [2.24, 2.45) is 23.5 Å². The molecule has 2 bridgehead atoms. The molecule has 0 amide bonds. The van der Waals surface area contributed by atoms with Gasteiger partial charge in [-0.25, -0.2) is 4.39 Å². The maximum Gasteiger partial charge on any atom is 0.106 e. The third-order valence-electron chi connectivity index (χ3n) is 3.41. The maximum atomic E-state index is 13.3. The normalized spacial score (nSPS) is 49.6. The molecule has 2 heteroatoms. The van der Waals surface area contributed by atoms with Crippen LogP contribution in [0.25, 0.3) is 0 Å². The van der Waals surface area contributed by atoms with Gasteiger partial charge in [0.25, 0.3) is 0 Å². The Morgan fingerprint density at radius 1 is 1.18 bits per heavy atom. The number of nitrogens with two attached hydrogens (primary N) is 1. The highest BCUT2D eigenvalue weighted by molar-refractivity contribution is 4.92. The van der Waals surface area contributed by atoms with Crippen molar-refractivity contribution in [1.82, 2.24) is 0 Å². The van der Waals surface area contributed by atoms with Crippen molar-refractivity contribution in [3.05, 3.63) is 0 Å². The summed E-state index contributed by atoms with van der Waals surface area (Å²) in [7, 11) is 0. The van der Waals surface area contributed by atoms with Crippen LogP contribution in [0.1, 0.15) is 25.7 Å². The van der Waals surface area contributed by atoms with Gasteiger partial charge in [-0.1, -0.05) is 0 Å². The molecule has 0 aromatic carbocycles. The quantitative estimate of drug-likeness (QED) is 0.616. The van der Waals surface area contributed by atoms with Gasteiger partial charge in [-0.05, 0) is 50.0 Å². The van der Waals surface area contributed by atoms with Crippen molar-refractivity contribution in [2.45, 2.75) is 31.9 Å². The fourth-order valence-corrected chi connectivity index (χ4v) is 2.77. The van der Waals surface area contributed by atoms with Gasteiger partial charge >= 0.3 is 0 Å². The molecule has 1 nitrogen and oxygen atoms in total. The topological polar surface area (TPSA) is 26.0 Å². The van der Waals surface area contributed by atoms with E-state index in [2.05, 4.69) is 0 Å². The Bertz CT molecular complexity index is 134. The Morgan fingerprint density at radius 2 is 1.73 bits per heavy atom. The van der Waals surface area contributed by atoms with Gasteiger partial charge in [-0.2, -0.15) is 0 Å². The first kappa shape index (κ1) is 7.53. The lowest BCUT2D eigenvalue weighted by molar-refractivity contribution is 0.121. The summed E-state index contributed by atoms with van der Waals surface area (Å²) < 4.78 is 13.3. The Balaban J connectivity index is 2.02. The second kappa shape index (κ2) is 2.74. The zero-order valence-corrected chi connectivity index (χ0v) is 6.80. The Hall–Kier alpha value is -0.110. The van der Waals surface area contributed by atoms with Gasteiger partial charge in [-0.15, -0.1) is 0 Å². The fourth-order valence-electron chi connectivity index (χ4n) is 2.77. The van der Waals surface area contributed by atoms with Crippen molar-refractivity contribution in [3.8, 4) is 0 Å². The lowest BCUT2D eigenvalue weighted by atomic mass is 9.80. The van der Waals surface area contributed by atoms with Gasteiger partial charge in [0.05, 0.1) is 0 Å². The fraction of sp³-hybridized carbons (Fsp3) is 1.00. The minimum atomic E-state index is -0.488. The molecule has 64 valence electrons. The molecule has 0 spiro atoms. The largest absolute Gasteiger partial charge is 0.330 e. The molecular weight excluding hydrogens is 141 g/mol. The van der Waals surface area contributed by atoms with Crippen LogP contribution < -0.4 is 5.73 Å². The Labute approximate surface area is 67.2 Å². The lowest BCUT2D eigenvalue weighted by Crippen LogP contribution is -2.30. The van der Waals surface area contributed by atoms with E-state index < -0.39 is 6.17 Å². The monoisotopic (exact) mass is 157 g/mol. The van der Waals surface area contributed by atoms with Gasteiger partial charge in [0.1, 0.15) is 6.17 Å². The molecule has 2 fully saturated rings. The van der Waals surface area contributed by atoms with E-state index in [4.69, 9.17) is 5.73 Å². The van der Waals surface area contributed by atoms with Crippen molar-refractivity contribution in [1.29, 1.82) is 0 Å². The first-order valence-electron chi connectivity index (χ1n) is 4.65. The van der Waals surface area contributed by atoms with Gasteiger partial charge in [0, 0.05) is 0 Å².